The lowest BCUT2D eigenvalue weighted by molar-refractivity contribution is 0.0542. The molecule has 0 heterocycles. The van der Waals surface area contributed by atoms with Crippen LogP contribution < -0.4 is 5.32 Å². The quantitative estimate of drug-likeness (QED) is 0.889. The van der Waals surface area contributed by atoms with Gasteiger partial charge >= 0.3 is 0 Å². The predicted octanol–water partition coefficient (Wildman–Crippen LogP) is 3.39. The van der Waals surface area contributed by atoms with Crippen molar-refractivity contribution in [3.8, 4) is 6.07 Å². The molecule has 2 aromatic carbocycles. The maximum absolute atomic E-state index is 14.0. The Hall–Kier alpha value is -2.29. The van der Waals surface area contributed by atoms with Crippen molar-refractivity contribution in [1.29, 1.82) is 5.26 Å². The molecule has 2 unspecified atom stereocenters. The van der Waals surface area contributed by atoms with Crippen LogP contribution in [0.5, 0.6) is 0 Å². The Labute approximate surface area is 134 Å². The van der Waals surface area contributed by atoms with Crippen LogP contribution in [0.1, 0.15) is 36.6 Å². The summed E-state index contributed by atoms with van der Waals surface area (Å²) in [6, 6.07) is 11.4. The second-order valence-electron chi connectivity index (χ2n) is 5.73. The summed E-state index contributed by atoms with van der Waals surface area (Å²) in [6.45, 7) is 3.54. The first-order valence-corrected chi connectivity index (χ1v) is 7.25. The first kappa shape index (κ1) is 17.1. The summed E-state index contributed by atoms with van der Waals surface area (Å²) in [5.41, 5.74) is 0.0277. The van der Waals surface area contributed by atoms with Crippen LogP contribution in [0.4, 0.5) is 8.78 Å². The fourth-order valence-corrected chi connectivity index (χ4v) is 2.32. The zero-order valence-electron chi connectivity index (χ0n) is 13.0. The highest BCUT2D eigenvalue weighted by Crippen LogP contribution is 2.23. The summed E-state index contributed by atoms with van der Waals surface area (Å²) in [5, 5.41) is 22.3. The van der Waals surface area contributed by atoms with Crippen LogP contribution in [0.3, 0.4) is 0 Å². The van der Waals surface area contributed by atoms with Crippen molar-refractivity contribution in [1.82, 2.24) is 5.32 Å². The Morgan fingerprint density at radius 1 is 1.22 bits per heavy atom. The van der Waals surface area contributed by atoms with Crippen LogP contribution in [0, 0.1) is 23.0 Å². The van der Waals surface area contributed by atoms with E-state index in [0.29, 0.717) is 11.1 Å². The maximum atomic E-state index is 14.0. The SMILES string of the molecule is CC(NCC(C)(O)c1ccc(F)cc1)c1ccc(C#N)cc1F. The van der Waals surface area contributed by atoms with Crippen LogP contribution in [0.15, 0.2) is 42.5 Å². The third-order valence-corrected chi connectivity index (χ3v) is 3.81. The van der Waals surface area contributed by atoms with Crippen molar-refractivity contribution in [2.75, 3.05) is 6.54 Å². The van der Waals surface area contributed by atoms with Crippen LogP contribution in [0.2, 0.25) is 0 Å². The van der Waals surface area contributed by atoms with Gasteiger partial charge in [0.2, 0.25) is 0 Å². The minimum atomic E-state index is -1.22. The number of nitrogens with one attached hydrogen (secondary N) is 1. The lowest BCUT2D eigenvalue weighted by Gasteiger charge is -2.27. The summed E-state index contributed by atoms with van der Waals surface area (Å²) in [6.07, 6.45) is 0. The van der Waals surface area contributed by atoms with E-state index in [1.54, 1.807) is 26.0 Å². The van der Waals surface area contributed by atoms with Crippen molar-refractivity contribution in [2.45, 2.75) is 25.5 Å². The number of nitriles is 1. The van der Waals surface area contributed by atoms with Crippen molar-refractivity contribution in [2.24, 2.45) is 0 Å². The van der Waals surface area contributed by atoms with Crippen LogP contribution in [-0.4, -0.2) is 11.7 Å². The number of rotatable bonds is 5. The predicted molar refractivity (Wildman–Crippen MR) is 83.5 cm³/mol. The molecule has 0 fully saturated rings. The van der Waals surface area contributed by atoms with E-state index in [4.69, 9.17) is 5.26 Å². The van der Waals surface area contributed by atoms with Gasteiger partial charge in [-0.1, -0.05) is 18.2 Å². The van der Waals surface area contributed by atoms with Gasteiger partial charge in [0.25, 0.3) is 0 Å². The van der Waals surface area contributed by atoms with E-state index in [0.717, 1.165) is 0 Å². The molecule has 0 aliphatic heterocycles. The first-order valence-electron chi connectivity index (χ1n) is 7.25. The van der Waals surface area contributed by atoms with Gasteiger partial charge in [-0.2, -0.15) is 5.26 Å². The summed E-state index contributed by atoms with van der Waals surface area (Å²) >= 11 is 0. The molecule has 0 radical (unpaired) electrons. The topological polar surface area (TPSA) is 56.0 Å². The Morgan fingerprint density at radius 2 is 1.87 bits per heavy atom. The summed E-state index contributed by atoms with van der Waals surface area (Å²) in [4.78, 5) is 0. The standard InChI is InChI=1S/C18H18F2N2O/c1-12(16-8-3-13(10-21)9-17(16)20)22-11-18(2,23)14-4-6-15(19)7-5-14/h3-9,12,22-23H,11H2,1-2H3. The molecule has 120 valence electrons. The van der Waals surface area contributed by atoms with E-state index in [9.17, 15) is 13.9 Å². The smallest absolute Gasteiger partial charge is 0.129 e. The molecule has 2 aromatic rings. The lowest BCUT2D eigenvalue weighted by Crippen LogP contribution is -2.36. The highest BCUT2D eigenvalue weighted by molar-refractivity contribution is 5.34. The number of nitrogens with zero attached hydrogens (tertiary/aromatic N) is 1. The van der Waals surface area contributed by atoms with E-state index in [1.807, 2.05) is 6.07 Å². The van der Waals surface area contributed by atoms with Crippen LogP contribution in [0.25, 0.3) is 0 Å². The first-order chi connectivity index (χ1) is 10.8. The zero-order chi connectivity index (χ0) is 17.0. The van der Waals surface area contributed by atoms with E-state index in [1.165, 1.54) is 30.3 Å². The van der Waals surface area contributed by atoms with Gasteiger partial charge in [0, 0.05) is 18.2 Å². The minimum Gasteiger partial charge on any atom is -0.384 e. The molecule has 2 rings (SSSR count). The third kappa shape index (κ3) is 4.13. The molecule has 2 atom stereocenters. The molecule has 0 aliphatic carbocycles. The van der Waals surface area contributed by atoms with Gasteiger partial charge in [-0.3, -0.25) is 0 Å². The molecule has 0 saturated heterocycles. The molecule has 0 aromatic heterocycles. The van der Waals surface area contributed by atoms with E-state index >= 15 is 0 Å². The summed E-state index contributed by atoms with van der Waals surface area (Å²) < 4.78 is 26.9. The molecule has 0 bridgehead atoms. The number of aliphatic hydroxyl groups is 1. The van der Waals surface area contributed by atoms with E-state index < -0.39 is 11.4 Å². The molecule has 0 amide bonds. The number of hydrogen-bond donors (Lipinski definition) is 2. The molecule has 2 N–H and O–H groups in total. The van der Waals surface area contributed by atoms with E-state index in [2.05, 4.69) is 5.32 Å². The third-order valence-electron chi connectivity index (χ3n) is 3.81. The van der Waals surface area contributed by atoms with Crippen molar-refractivity contribution in [3.63, 3.8) is 0 Å². The average Bonchev–Trinajstić information content (AvgIpc) is 2.53. The van der Waals surface area contributed by atoms with Crippen LogP contribution >= 0.6 is 0 Å². The molecule has 0 saturated carbocycles. The Kier molecular flexibility index (Phi) is 5.09. The monoisotopic (exact) mass is 316 g/mol. The molecule has 23 heavy (non-hydrogen) atoms. The largest absolute Gasteiger partial charge is 0.384 e. The van der Waals surface area contributed by atoms with E-state index in [-0.39, 0.29) is 24.0 Å². The van der Waals surface area contributed by atoms with Gasteiger partial charge in [0.1, 0.15) is 11.6 Å². The van der Waals surface area contributed by atoms with Crippen molar-refractivity contribution in [3.05, 3.63) is 70.8 Å². The average molecular weight is 316 g/mol. The second-order valence-corrected chi connectivity index (χ2v) is 5.73. The molecule has 5 heteroatoms. The van der Waals surface area contributed by atoms with Gasteiger partial charge in [-0.05, 0) is 43.7 Å². The molecular weight excluding hydrogens is 298 g/mol. The van der Waals surface area contributed by atoms with Crippen molar-refractivity contribution >= 4 is 0 Å². The summed E-state index contributed by atoms with van der Waals surface area (Å²) in [7, 11) is 0. The van der Waals surface area contributed by atoms with Gasteiger partial charge in [0.15, 0.2) is 0 Å². The van der Waals surface area contributed by atoms with Crippen molar-refractivity contribution < 1.29 is 13.9 Å². The highest BCUT2D eigenvalue weighted by Gasteiger charge is 2.24. The zero-order valence-corrected chi connectivity index (χ0v) is 13.0. The number of benzene rings is 2. The Balaban J connectivity index is 2.07. The van der Waals surface area contributed by atoms with Gasteiger partial charge < -0.3 is 10.4 Å². The van der Waals surface area contributed by atoms with Gasteiger partial charge in [-0.25, -0.2) is 8.78 Å². The normalized spacial score (nSPS) is 14.8. The molecule has 0 aliphatic rings. The minimum absolute atomic E-state index is 0.166. The van der Waals surface area contributed by atoms with Gasteiger partial charge in [0.05, 0.1) is 17.2 Å². The highest BCUT2D eigenvalue weighted by atomic mass is 19.1. The lowest BCUT2D eigenvalue weighted by atomic mass is 9.95. The van der Waals surface area contributed by atoms with Gasteiger partial charge in [-0.15, -0.1) is 0 Å². The number of hydrogen-bond acceptors (Lipinski definition) is 3. The Morgan fingerprint density at radius 3 is 2.43 bits per heavy atom. The number of halogens is 2. The molecular formula is C18H18F2N2O. The molecule has 0 spiro atoms. The fourth-order valence-electron chi connectivity index (χ4n) is 2.32. The Bertz CT molecular complexity index is 721. The fraction of sp³-hybridized carbons (Fsp3) is 0.278. The maximum Gasteiger partial charge on any atom is 0.129 e. The molecule has 3 nitrogen and oxygen atoms in total. The summed E-state index contributed by atoms with van der Waals surface area (Å²) in [5.74, 6) is -0.837. The second kappa shape index (κ2) is 6.86. The van der Waals surface area contributed by atoms with Crippen LogP contribution in [-0.2, 0) is 5.60 Å².